The van der Waals surface area contributed by atoms with E-state index in [1.165, 1.54) is 0 Å². The van der Waals surface area contributed by atoms with E-state index in [0.29, 0.717) is 12.8 Å². The number of hydrogen-bond acceptors (Lipinski definition) is 7. The van der Waals surface area contributed by atoms with Crippen molar-refractivity contribution in [3.63, 3.8) is 0 Å². The van der Waals surface area contributed by atoms with Gasteiger partial charge in [-0.25, -0.2) is 0 Å². The molecule has 0 spiro atoms. The second-order valence-corrected chi connectivity index (χ2v) is 8.47. The fourth-order valence-electron chi connectivity index (χ4n) is 2.75. The molecule has 1 aliphatic heterocycles. The molecule has 2 aliphatic rings. The predicted molar refractivity (Wildman–Crippen MR) is 66.8 cm³/mol. The summed E-state index contributed by atoms with van der Waals surface area (Å²) in [5.74, 6) is -2.11. The summed E-state index contributed by atoms with van der Waals surface area (Å²) in [5.41, 5.74) is 0. The van der Waals surface area contributed by atoms with Gasteiger partial charge in [-0.2, -0.15) is 16.8 Å². The quantitative estimate of drug-likeness (QED) is 0.418. The second kappa shape index (κ2) is 5.24. The van der Waals surface area contributed by atoms with Crippen LogP contribution in [0.15, 0.2) is 0 Å². The Kier molecular flexibility index (Phi) is 4.11. The Morgan fingerprint density at radius 1 is 1.40 bits per heavy atom. The topological polar surface area (TPSA) is 124 Å². The van der Waals surface area contributed by atoms with E-state index in [4.69, 9.17) is 8.74 Å². The summed E-state index contributed by atoms with van der Waals surface area (Å²) in [6.07, 6.45) is 0.618. The summed E-state index contributed by atoms with van der Waals surface area (Å²) in [4.78, 5) is 11.8. The van der Waals surface area contributed by atoms with Gasteiger partial charge in [-0.3, -0.25) is 13.5 Å². The van der Waals surface area contributed by atoms with Crippen LogP contribution >= 0.6 is 0 Å². The molecule has 0 aromatic rings. The third-order valence-electron chi connectivity index (χ3n) is 3.66. The highest BCUT2D eigenvalue weighted by Crippen LogP contribution is 2.43. The number of rotatable bonds is 4. The normalized spacial score (nSPS) is 35.7. The number of carbonyl (C=O) groups excluding carboxylic acids is 1. The Morgan fingerprint density at radius 2 is 2.05 bits per heavy atom. The maximum absolute atomic E-state index is 11.9. The average molecular weight is 328 g/mol. The Balaban J connectivity index is 2.05. The van der Waals surface area contributed by atoms with Gasteiger partial charge in [0.2, 0.25) is 0 Å². The third-order valence-corrected chi connectivity index (χ3v) is 6.06. The molecule has 4 atom stereocenters. The summed E-state index contributed by atoms with van der Waals surface area (Å²) < 4.78 is 62.9. The molecule has 116 valence electrons. The molecule has 0 aromatic carbocycles. The van der Waals surface area contributed by atoms with Crippen LogP contribution in [0.1, 0.15) is 19.8 Å². The Morgan fingerprint density at radius 3 is 2.65 bits per heavy atom. The Hall–Kier alpha value is -0.710. The van der Waals surface area contributed by atoms with Gasteiger partial charge in [-0.15, -0.1) is 0 Å². The van der Waals surface area contributed by atoms with Gasteiger partial charge in [-0.05, 0) is 24.7 Å². The molecule has 2 fully saturated rings. The zero-order chi connectivity index (χ0) is 15.1. The molecule has 2 bridgehead atoms. The molecule has 10 heteroatoms. The van der Waals surface area contributed by atoms with E-state index < -0.39 is 49.9 Å². The molecule has 2 rings (SSSR count). The molecular weight excluding hydrogens is 312 g/mol. The highest BCUT2D eigenvalue weighted by Gasteiger charge is 2.53. The molecule has 1 N–H and O–H groups in total. The summed E-state index contributed by atoms with van der Waals surface area (Å²) in [5, 5.41) is -1.41. The summed E-state index contributed by atoms with van der Waals surface area (Å²) in [6.45, 7) is 1.27. The molecule has 8 nitrogen and oxygen atoms in total. The number of esters is 1. The molecule has 20 heavy (non-hydrogen) atoms. The van der Waals surface area contributed by atoms with Crippen LogP contribution in [0.4, 0.5) is 0 Å². The lowest BCUT2D eigenvalue weighted by molar-refractivity contribution is -0.144. The molecule has 1 heterocycles. The van der Waals surface area contributed by atoms with Crippen LogP contribution in [-0.2, 0) is 34.0 Å². The Labute approximate surface area is 117 Å². The van der Waals surface area contributed by atoms with E-state index >= 15 is 0 Å². The summed E-state index contributed by atoms with van der Waals surface area (Å²) >= 11 is 0. The average Bonchev–Trinajstić information content (AvgIpc) is 2.52. The van der Waals surface area contributed by atoms with Crippen molar-refractivity contribution < 1.29 is 35.1 Å². The van der Waals surface area contributed by atoms with Crippen molar-refractivity contribution in [1.29, 1.82) is 0 Å². The summed E-state index contributed by atoms with van der Waals surface area (Å²) in [7, 11) is -8.30. The van der Waals surface area contributed by atoms with Crippen LogP contribution in [0.25, 0.3) is 0 Å². The smallest absolute Gasteiger partial charge is 0.327 e. The lowest BCUT2D eigenvalue weighted by Crippen LogP contribution is -2.43. The van der Waals surface area contributed by atoms with Crippen molar-refractivity contribution in [3.05, 3.63) is 0 Å². The SMILES string of the molecule is CC1CC2CC1OS(=O)(=O)C2C(=O)OCCS(=O)(=O)O. The number of hydrogen-bond donors (Lipinski definition) is 1. The van der Waals surface area contributed by atoms with Crippen molar-refractivity contribution in [2.24, 2.45) is 11.8 Å². The standard InChI is InChI=1S/C10H16O8S2/c1-6-4-7-5-8(6)18-20(15,16)9(7)10(11)17-2-3-19(12,13)14/h6-9H,2-5H2,1H3,(H,12,13,14). The molecule has 0 amide bonds. The van der Waals surface area contributed by atoms with E-state index in [1.807, 2.05) is 6.92 Å². The number of carbonyl (C=O) groups is 1. The molecular formula is C10H16O8S2. The minimum atomic E-state index is -4.26. The van der Waals surface area contributed by atoms with Gasteiger partial charge in [0.15, 0.2) is 5.25 Å². The van der Waals surface area contributed by atoms with Crippen LogP contribution in [0.2, 0.25) is 0 Å². The molecule has 1 aliphatic carbocycles. The van der Waals surface area contributed by atoms with E-state index in [0.717, 1.165) is 0 Å². The van der Waals surface area contributed by atoms with Gasteiger partial charge in [0.25, 0.3) is 20.2 Å². The first kappa shape index (κ1) is 15.7. The van der Waals surface area contributed by atoms with Crippen LogP contribution < -0.4 is 0 Å². The Bertz CT molecular complexity index is 591. The van der Waals surface area contributed by atoms with Crippen LogP contribution in [0.5, 0.6) is 0 Å². The van der Waals surface area contributed by atoms with Crippen LogP contribution in [0.3, 0.4) is 0 Å². The van der Waals surface area contributed by atoms with Crippen LogP contribution in [-0.4, -0.2) is 51.1 Å². The zero-order valence-electron chi connectivity index (χ0n) is 10.8. The molecule has 0 radical (unpaired) electrons. The summed E-state index contributed by atoms with van der Waals surface area (Å²) in [6, 6.07) is 0. The number of fused-ring (bicyclic) bond motifs is 2. The third kappa shape index (κ3) is 3.30. The van der Waals surface area contributed by atoms with Crippen molar-refractivity contribution in [2.45, 2.75) is 31.1 Å². The monoisotopic (exact) mass is 328 g/mol. The first-order valence-electron chi connectivity index (χ1n) is 6.14. The van der Waals surface area contributed by atoms with Crippen molar-refractivity contribution >= 4 is 26.2 Å². The molecule has 1 saturated carbocycles. The van der Waals surface area contributed by atoms with Gasteiger partial charge in [0, 0.05) is 0 Å². The minimum Gasteiger partial charge on any atom is -0.463 e. The first-order valence-corrected chi connectivity index (χ1v) is 9.22. The van der Waals surface area contributed by atoms with Crippen LogP contribution in [0, 0.1) is 11.8 Å². The molecule has 1 saturated heterocycles. The van der Waals surface area contributed by atoms with E-state index in [2.05, 4.69) is 4.74 Å². The lowest BCUT2D eigenvalue weighted by atomic mass is 10.0. The maximum Gasteiger partial charge on any atom is 0.327 e. The van der Waals surface area contributed by atoms with E-state index in [-0.39, 0.29) is 11.8 Å². The van der Waals surface area contributed by atoms with Crippen molar-refractivity contribution in [3.8, 4) is 0 Å². The van der Waals surface area contributed by atoms with Gasteiger partial charge in [-0.1, -0.05) is 6.92 Å². The molecule has 0 aromatic heterocycles. The lowest BCUT2D eigenvalue weighted by Gasteiger charge is -2.27. The maximum atomic E-state index is 11.9. The fraction of sp³-hybridized carbons (Fsp3) is 0.900. The highest BCUT2D eigenvalue weighted by molar-refractivity contribution is 7.88. The van der Waals surface area contributed by atoms with Gasteiger partial charge in [0.05, 0.1) is 6.10 Å². The van der Waals surface area contributed by atoms with Crippen molar-refractivity contribution in [2.75, 3.05) is 12.4 Å². The van der Waals surface area contributed by atoms with Gasteiger partial charge >= 0.3 is 5.97 Å². The van der Waals surface area contributed by atoms with Gasteiger partial charge < -0.3 is 4.74 Å². The van der Waals surface area contributed by atoms with Crippen molar-refractivity contribution in [1.82, 2.24) is 0 Å². The highest BCUT2D eigenvalue weighted by atomic mass is 32.2. The second-order valence-electron chi connectivity index (χ2n) is 5.21. The minimum absolute atomic E-state index is 0.0467. The first-order chi connectivity index (χ1) is 9.10. The number of ether oxygens (including phenoxy) is 1. The predicted octanol–water partition coefficient (Wildman–Crippen LogP) is -0.439. The zero-order valence-corrected chi connectivity index (χ0v) is 12.4. The largest absolute Gasteiger partial charge is 0.463 e. The molecule has 4 unspecified atom stereocenters. The van der Waals surface area contributed by atoms with E-state index in [9.17, 15) is 21.6 Å². The van der Waals surface area contributed by atoms with Gasteiger partial charge in [0.1, 0.15) is 12.4 Å². The van der Waals surface area contributed by atoms with E-state index in [1.54, 1.807) is 0 Å². The fourth-order valence-corrected chi connectivity index (χ4v) is 4.77.